The molecule has 0 aliphatic carbocycles. The van der Waals surface area contributed by atoms with Gasteiger partial charge in [-0.1, -0.05) is 18.2 Å². The van der Waals surface area contributed by atoms with Crippen LogP contribution >= 0.6 is 39.7 Å². The van der Waals surface area contributed by atoms with Crippen molar-refractivity contribution in [3.63, 3.8) is 0 Å². The van der Waals surface area contributed by atoms with E-state index in [9.17, 15) is 4.39 Å². The molecule has 0 spiro atoms. The van der Waals surface area contributed by atoms with E-state index in [1.54, 1.807) is 10.6 Å². The van der Waals surface area contributed by atoms with Gasteiger partial charge >= 0.3 is 0 Å². The molecule has 0 radical (unpaired) electrons. The minimum Gasteiger partial charge on any atom is -0.331 e. The smallest absolute Gasteiger partial charge is 0.178 e. The van der Waals surface area contributed by atoms with E-state index in [-0.39, 0.29) is 5.82 Å². The van der Waals surface area contributed by atoms with Crippen molar-refractivity contribution in [2.75, 3.05) is 0 Å². The van der Waals surface area contributed by atoms with Crippen LogP contribution in [0.15, 0.2) is 28.2 Å². The molecule has 0 amide bonds. The van der Waals surface area contributed by atoms with Crippen LogP contribution in [0.4, 0.5) is 4.39 Å². The zero-order chi connectivity index (χ0) is 11.9. The van der Waals surface area contributed by atoms with E-state index >= 15 is 0 Å². The van der Waals surface area contributed by atoms with Gasteiger partial charge in [0.25, 0.3) is 0 Å². The molecule has 0 aliphatic heterocycles. The number of H-pyrrole nitrogens is 1. The van der Waals surface area contributed by atoms with E-state index in [4.69, 9.17) is 23.8 Å². The Balaban J connectivity index is 2.74. The summed E-state index contributed by atoms with van der Waals surface area (Å²) >= 11 is 14.0. The maximum atomic E-state index is 13.4. The van der Waals surface area contributed by atoms with Crippen LogP contribution in [0.2, 0.25) is 0 Å². The number of aromatic nitrogens is 2. The van der Waals surface area contributed by atoms with Gasteiger partial charge in [0, 0.05) is 11.1 Å². The fourth-order valence-electron chi connectivity index (χ4n) is 1.48. The first-order valence-electron chi connectivity index (χ1n) is 4.40. The van der Waals surface area contributed by atoms with Gasteiger partial charge in [-0.3, -0.25) is 0 Å². The molecule has 1 heterocycles. The number of halogens is 3. The summed E-state index contributed by atoms with van der Waals surface area (Å²) in [6.07, 6.45) is 0. The number of nitrogens with zero attached hydrogens (tertiary/aromatic N) is 1. The molecule has 0 bridgehead atoms. The number of hydrogen-bond acceptors (Lipinski definition) is 1. The number of fused-ring (bicyclic) bond motifs is 1. The summed E-state index contributed by atoms with van der Waals surface area (Å²) in [6.45, 7) is 3.96. The highest BCUT2D eigenvalue weighted by Crippen LogP contribution is 2.23. The Morgan fingerprint density at radius 1 is 1.62 bits per heavy atom. The normalized spacial score (nSPS) is 10.9. The summed E-state index contributed by atoms with van der Waals surface area (Å²) in [5.41, 5.74) is 1.43. The topological polar surface area (TPSA) is 20.7 Å². The van der Waals surface area contributed by atoms with Crippen LogP contribution in [-0.4, -0.2) is 9.55 Å². The second kappa shape index (κ2) is 4.31. The molecule has 2 nitrogen and oxygen atoms in total. The van der Waals surface area contributed by atoms with E-state index in [0.29, 0.717) is 26.3 Å². The van der Waals surface area contributed by atoms with Crippen molar-refractivity contribution in [3.05, 3.63) is 38.8 Å². The summed E-state index contributed by atoms with van der Waals surface area (Å²) in [6, 6.07) is 3.06. The van der Waals surface area contributed by atoms with Gasteiger partial charge in [-0.25, -0.2) is 4.39 Å². The van der Waals surface area contributed by atoms with Gasteiger partial charge in [-0.15, -0.1) is 0 Å². The van der Waals surface area contributed by atoms with Gasteiger partial charge in [0.05, 0.1) is 22.1 Å². The van der Waals surface area contributed by atoms with Gasteiger partial charge in [-0.2, -0.15) is 0 Å². The van der Waals surface area contributed by atoms with Crippen LogP contribution in [0.1, 0.15) is 0 Å². The first-order chi connectivity index (χ1) is 7.49. The summed E-state index contributed by atoms with van der Waals surface area (Å²) < 4.78 is 16.0. The van der Waals surface area contributed by atoms with Crippen molar-refractivity contribution >= 4 is 50.8 Å². The number of hydrogen-bond donors (Lipinski definition) is 1. The lowest BCUT2D eigenvalue weighted by atomic mass is 10.3. The Labute approximate surface area is 110 Å². The van der Waals surface area contributed by atoms with Crippen molar-refractivity contribution < 1.29 is 4.39 Å². The molecule has 1 N–H and O–H groups in total. The third-order valence-corrected chi connectivity index (χ3v) is 3.20. The molecule has 0 saturated heterocycles. The molecule has 16 heavy (non-hydrogen) atoms. The summed E-state index contributed by atoms with van der Waals surface area (Å²) in [5.74, 6) is -0.338. The van der Waals surface area contributed by atoms with E-state index < -0.39 is 0 Å². The summed E-state index contributed by atoms with van der Waals surface area (Å²) in [5, 5.41) is 0.445. The van der Waals surface area contributed by atoms with E-state index in [2.05, 4.69) is 27.5 Å². The molecule has 0 fully saturated rings. The van der Waals surface area contributed by atoms with E-state index in [1.807, 2.05) is 0 Å². The number of allylic oxidation sites excluding steroid dienone is 1. The largest absolute Gasteiger partial charge is 0.331 e. The first kappa shape index (κ1) is 11.8. The molecule has 0 saturated carbocycles. The van der Waals surface area contributed by atoms with Gasteiger partial charge in [0.2, 0.25) is 0 Å². The second-order valence-electron chi connectivity index (χ2n) is 3.32. The van der Waals surface area contributed by atoms with Crippen molar-refractivity contribution in [2.24, 2.45) is 0 Å². The number of imidazole rings is 1. The minimum atomic E-state index is -0.338. The maximum Gasteiger partial charge on any atom is 0.178 e. The molecule has 0 aliphatic rings. The minimum absolute atomic E-state index is 0.338. The number of aromatic amines is 1. The molecule has 6 heteroatoms. The highest BCUT2D eigenvalue weighted by Gasteiger charge is 2.08. The predicted molar refractivity (Wildman–Crippen MR) is 69.8 cm³/mol. The third-order valence-electron chi connectivity index (χ3n) is 2.15. The highest BCUT2D eigenvalue weighted by atomic mass is 79.9. The quantitative estimate of drug-likeness (QED) is 0.815. The highest BCUT2D eigenvalue weighted by molar-refractivity contribution is 9.10. The van der Waals surface area contributed by atoms with Crippen molar-refractivity contribution in [1.82, 2.24) is 9.55 Å². The SMILES string of the molecule is C=C(Cl)Cn1c(=S)[nH]c2cc(Br)c(F)cc21. The molecule has 1 aromatic carbocycles. The molecule has 0 unspecified atom stereocenters. The zero-order valence-corrected chi connectivity index (χ0v) is 11.2. The Bertz CT molecular complexity index is 632. The number of rotatable bonds is 2. The fraction of sp³-hybridized carbons (Fsp3) is 0.100. The third kappa shape index (κ3) is 2.07. The molecule has 2 aromatic rings. The lowest BCUT2D eigenvalue weighted by molar-refractivity contribution is 0.622. The summed E-state index contributed by atoms with van der Waals surface area (Å²) in [4.78, 5) is 2.98. The monoisotopic (exact) mass is 320 g/mol. The predicted octanol–water partition coefficient (Wildman–Crippen LogP) is 4.35. The molecule has 2 rings (SSSR count). The van der Waals surface area contributed by atoms with Crippen molar-refractivity contribution in [3.8, 4) is 0 Å². The Hall–Kier alpha value is -0.650. The number of benzene rings is 1. The average Bonchev–Trinajstić information content (AvgIpc) is 2.45. The molecule has 0 atom stereocenters. The molecular weight excluding hydrogens is 315 g/mol. The van der Waals surface area contributed by atoms with Crippen molar-refractivity contribution in [1.29, 1.82) is 0 Å². The lowest BCUT2D eigenvalue weighted by Crippen LogP contribution is -1.97. The van der Waals surface area contributed by atoms with Crippen LogP contribution in [0.5, 0.6) is 0 Å². The Morgan fingerprint density at radius 3 is 2.94 bits per heavy atom. The zero-order valence-electron chi connectivity index (χ0n) is 8.06. The Kier molecular flexibility index (Phi) is 3.19. The van der Waals surface area contributed by atoms with Crippen LogP contribution in [0.3, 0.4) is 0 Å². The van der Waals surface area contributed by atoms with Crippen molar-refractivity contribution in [2.45, 2.75) is 6.54 Å². The molecular formula is C10H7BrClFN2S. The average molecular weight is 322 g/mol. The maximum absolute atomic E-state index is 13.4. The Morgan fingerprint density at radius 2 is 2.31 bits per heavy atom. The van der Waals surface area contributed by atoms with Gasteiger partial charge in [0.15, 0.2) is 4.77 Å². The van der Waals surface area contributed by atoms with Crippen LogP contribution in [-0.2, 0) is 6.54 Å². The second-order valence-corrected chi connectivity index (χ2v) is 5.09. The fourth-order valence-corrected chi connectivity index (χ4v) is 2.22. The van der Waals surface area contributed by atoms with Crippen LogP contribution < -0.4 is 0 Å². The summed E-state index contributed by atoms with van der Waals surface area (Å²) in [7, 11) is 0. The van der Waals surface area contributed by atoms with E-state index in [0.717, 1.165) is 5.52 Å². The first-order valence-corrected chi connectivity index (χ1v) is 5.98. The van der Waals surface area contributed by atoms with Crippen LogP contribution in [0, 0.1) is 10.6 Å². The van der Waals surface area contributed by atoms with Gasteiger partial charge in [-0.05, 0) is 34.2 Å². The lowest BCUT2D eigenvalue weighted by Gasteiger charge is -2.02. The number of nitrogens with one attached hydrogen (secondary N) is 1. The standard InChI is InChI=1S/C10H7BrClFN2S/c1-5(12)4-15-9-3-7(13)6(11)2-8(9)14-10(15)16/h2-3H,1,4H2,(H,14,16). The van der Waals surface area contributed by atoms with Gasteiger partial charge in [0.1, 0.15) is 5.82 Å². The molecule has 1 aromatic heterocycles. The van der Waals surface area contributed by atoms with E-state index in [1.165, 1.54) is 6.07 Å². The molecule has 84 valence electrons. The van der Waals surface area contributed by atoms with Gasteiger partial charge < -0.3 is 9.55 Å². The van der Waals surface area contributed by atoms with Crippen LogP contribution in [0.25, 0.3) is 11.0 Å².